The first-order valence-electron chi connectivity index (χ1n) is 6.88. The van der Waals surface area contributed by atoms with E-state index in [1.165, 1.54) is 0 Å². The van der Waals surface area contributed by atoms with Crippen LogP contribution in [0.2, 0.25) is 0 Å². The number of imidazole rings is 1. The molecule has 1 N–H and O–H groups in total. The van der Waals surface area contributed by atoms with Crippen molar-refractivity contribution in [1.82, 2.24) is 19.9 Å². The second-order valence-electron chi connectivity index (χ2n) is 4.81. The Morgan fingerprint density at radius 3 is 2.95 bits per heavy atom. The summed E-state index contributed by atoms with van der Waals surface area (Å²) in [5.41, 5.74) is 3.00. The van der Waals surface area contributed by atoms with Gasteiger partial charge in [-0.1, -0.05) is 18.2 Å². The highest BCUT2D eigenvalue weighted by Crippen LogP contribution is 2.12. The molecule has 0 bridgehead atoms. The summed E-state index contributed by atoms with van der Waals surface area (Å²) in [6.45, 7) is 1.14. The number of pyridine rings is 1. The summed E-state index contributed by atoms with van der Waals surface area (Å²) < 4.78 is 2.00. The molecule has 0 aliphatic carbocycles. The molecule has 1 aromatic carbocycles. The summed E-state index contributed by atoms with van der Waals surface area (Å²) in [7, 11) is 0. The van der Waals surface area contributed by atoms with Crippen molar-refractivity contribution in [2.45, 2.75) is 19.5 Å². The average molecular weight is 280 g/mol. The van der Waals surface area contributed by atoms with Crippen LogP contribution in [0.3, 0.4) is 0 Å². The normalized spacial score (nSPS) is 10.7. The number of amides is 1. The van der Waals surface area contributed by atoms with Crippen molar-refractivity contribution in [2.75, 3.05) is 0 Å². The molecular weight excluding hydrogens is 264 g/mol. The van der Waals surface area contributed by atoms with E-state index in [2.05, 4.69) is 15.3 Å². The largest absolute Gasteiger partial charge is 0.352 e. The molecule has 3 rings (SSSR count). The van der Waals surface area contributed by atoms with Crippen LogP contribution >= 0.6 is 0 Å². The highest BCUT2D eigenvalue weighted by atomic mass is 16.1. The highest BCUT2D eigenvalue weighted by Gasteiger charge is 2.05. The molecule has 0 fully saturated rings. The summed E-state index contributed by atoms with van der Waals surface area (Å²) in [4.78, 5) is 20.2. The molecule has 106 valence electrons. The molecule has 0 aliphatic heterocycles. The summed E-state index contributed by atoms with van der Waals surface area (Å²) in [6, 6.07) is 11.7. The van der Waals surface area contributed by atoms with Crippen molar-refractivity contribution >= 4 is 16.9 Å². The van der Waals surface area contributed by atoms with Crippen molar-refractivity contribution < 1.29 is 4.79 Å². The zero-order chi connectivity index (χ0) is 14.5. The lowest BCUT2D eigenvalue weighted by molar-refractivity contribution is -0.121. The molecule has 0 atom stereocenters. The fraction of sp³-hybridized carbons (Fsp3) is 0.188. The van der Waals surface area contributed by atoms with E-state index >= 15 is 0 Å². The number of nitrogens with zero attached hydrogens (tertiary/aromatic N) is 3. The van der Waals surface area contributed by atoms with E-state index in [0.29, 0.717) is 19.5 Å². The molecule has 2 aromatic heterocycles. The number of hydrogen-bond donors (Lipinski definition) is 1. The van der Waals surface area contributed by atoms with Gasteiger partial charge in [-0.3, -0.25) is 9.78 Å². The number of hydrogen-bond acceptors (Lipinski definition) is 3. The molecule has 1 amide bonds. The summed E-state index contributed by atoms with van der Waals surface area (Å²) >= 11 is 0. The molecule has 5 nitrogen and oxygen atoms in total. The summed E-state index contributed by atoms with van der Waals surface area (Å²) in [5, 5.41) is 2.90. The Bertz CT molecular complexity index is 736. The van der Waals surface area contributed by atoms with Crippen LogP contribution in [0.4, 0.5) is 0 Å². The molecule has 0 spiro atoms. The molecule has 0 saturated heterocycles. The van der Waals surface area contributed by atoms with Crippen LogP contribution in [0, 0.1) is 0 Å². The first-order chi connectivity index (χ1) is 10.3. The zero-order valence-electron chi connectivity index (χ0n) is 11.6. The summed E-state index contributed by atoms with van der Waals surface area (Å²) in [5.74, 6) is 0.0247. The van der Waals surface area contributed by atoms with Gasteiger partial charge in [0.2, 0.25) is 5.91 Å². The number of carbonyl (C=O) groups excluding carboxylic acids is 1. The quantitative estimate of drug-likeness (QED) is 0.779. The van der Waals surface area contributed by atoms with Crippen molar-refractivity contribution in [1.29, 1.82) is 0 Å². The third-order valence-corrected chi connectivity index (χ3v) is 3.32. The molecule has 0 unspecified atom stereocenters. The Morgan fingerprint density at radius 1 is 1.19 bits per heavy atom. The Labute approximate surface area is 122 Å². The van der Waals surface area contributed by atoms with Crippen LogP contribution in [0.5, 0.6) is 0 Å². The Morgan fingerprint density at radius 2 is 2.10 bits per heavy atom. The van der Waals surface area contributed by atoms with Gasteiger partial charge in [-0.25, -0.2) is 4.98 Å². The topological polar surface area (TPSA) is 59.8 Å². The van der Waals surface area contributed by atoms with Gasteiger partial charge in [-0.15, -0.1) is 0 Å². The van der Waals surface area contributed by atoms with Gasteiger partial charge in [-0.05, 0) is 23.8 Å². The Hall–Kier alpha value is -2.69. The van der Waals surface area contributed by atoms with Gasteiger partial charge in [0, 0.05) is 31.9 Å². The predicted molar refractivity (Wildman–Crippen MR) is 80.4 cm³/mol. The maximum Gasteiger partial charge on any atom is 0.222 e. The molecule has 5 heteroatoms. The smallest absolute Gasteiger partial charge is 0.222 e. The monoisotopic (exact) mass is 280 g/mol. The van der Waals surface area contributed by atoms with Gasteiger partial charge in [-0.2, -0.15) is 0 Å². The lowest BCUT2D eigenvalue weighted by atomic mass is 10.3. The fourth-order valence-corrected chi connectivity index (χ4v) is 2.20. The molecule has 2 heterocycles. The first kappa shape index (κ1) is 13.3. The van der Waals surface area contributed by atoms with Gasteiger partial charge in [0.05, 0.1) is 17.4 Å². The minimum Gasteiger partial charge on any atom is -0.352 e. The van der Waals surface area contributed by atoms with Crippen molar-refractivity contribution in [3.63, 3.8) is 0 Å². The number of para-hydroxylation sites is 2. The highest BCUT2D eigenvalue weighted by molar-refractivity contribution is 5.77. The maximum absolute atomic E-state index is 11.9. The van der Waals surface area contributed by atoms with E-state index in [0.717, 1.165) is 16.6 Å². The van der Waals surface area contributed by atoms with Crippen LogP contribution in [-0.4, -0.2) is 20.4 Å². The van der Waals surface area contributed by atoms with Crippen LogP contribution in [0.15, 0.2) is 55.1 Å². The average Bonchev–Trinajstić information content (AvgIpc) is 2.95. The number of carbonyl (C=O) groups is 1. The lowest BCUT2D eigenvalue weighted by Crippen LogP contribution is -2.23. The Kier molecular flexibility index (Phi) is 3.91. The third-order valence-electron chi connectivity index (χ3n) is 3.32. The van der Waals surface area contributed by atoms with Crippen molar-refractivity contribution in [3.05, 3.63) is 60.7 Å². The van der Waals surface area contributed by atoms with E-state index in [-0.39, 0.29) is 5.91 Å². The number of nitrogens with one attached hydrogen (secondary N) is 1. The number of rotatable bonds is 5. The van der Waals surface area contributed by atoms with Gasteiger partial charge in [0.25, 0.3) is 0 Å². The molecule has 0 saturated carbocycles. The lowest BCUT2D eigenvalue weighted by Gasteiger charge is -2.06. The molecular formula is C16H16N4O. The van der Waals surface area contributed by atoms with E-state index in [1.807, 2.05) is 41.0 Å². The van der Waals surface area contributed by atoms with Crippen LogP contribution in [0.1, 0.15) is 12.0 Å². The SMILES string of the molecule is O=C(CCn1cnc2ccccc21)NCc1cccnc1. The third kappa shape index (κ3) is 3.25. The zero-order valence-corrected chi connectivity index (χ0v) is 11.6. The first-order valence-corrected chi connectivity index (χ1v) is 6.88. The standard InChI is InChI=1S/C16H16N4O/c21-16(18-11-13-4-3-8-17-10-13)7-9-20-12-19-14-5-1-2-6-15(14)20/h1-6,8,10,12H,7,9,11H2,(H,18,21). The van der Waals surface area contributed by atoms with Gasteiger partial charge >= 0.3 is 0 Å². The second kappa shape index (κ2) is 6.17. The number of benzene rings is 1. The number of aromatic nitrogens is 3. The van der Waals surface area contributed by atoms with E-state index in [4.69, 9.17) is 0 Å². The summed E-state index contributed by atoms with van der Waals surface area (Å²) in [6.07, 6.45) is 5.68. The van der Waals surface area contributed by atoms with E-state index in [9.17, 15) is 4.79 Å². The Balaban J connectivity index is 1.54. The minimum atomic E-state index is 0.0247. The number of fused-ring (bicyclic) bond motifs is 1. The molecule has 21 heavy (non-hydrogen) atoms. The number of aryl methyl sites for hydroxylation is 1. The van der Waals surface area contributed by atoms with Gasteiger partial charge in [0.1, 0.15) is 0 Å². The van der Waals surface area contributed by atoms with Crippen molar-refractivity contribution in [3.8, 4) is 0 Å². The van der Waals surface area contributed by atoms with E-state index in [1.54, 1.807) is 18.7 Å². The van der Waals surface area contributed by atoms with Crippen LogP contribution < -0.4 is 5.32 Å². The molecule has 0 radical (unpaired) electrons. The fourth-order valence-electron chi connectivity index (χ4n) is 2.20. The molecule has 0 aliphatic rings. The van der Waals surface area contributed by atoms with Crippen LogP contribution in [0.25, 0.3) is 11.0 Å². The maximum atomic E-state index is 11.9. The van der Waals surface area contributed by atoms with Gasteiger partial charge in [0.15, 0.2) is 0 Å². The van der Waals surface area contributed by atoms with Gasteiger partial charge < -0.3 is 9.88 Å². The van der Waals surface area contributed by atoms with Crippen LogP contribution in [-0.2, 0) is 17.9 Å². The minimum absolute atomic E-state index is 0.0247. The second-order valence-corrected chi connectivity index (χ2v) is 4.81. The predicted octanol–water partition coefficient (Wildman–Crippen LogP) is 2.14. The molecule has 3 aromatic rings. The van der Waals surface area contributed by atoms with E-state index < -0.39 is 0 Å². The van der Waals surface area contributed by atoms with Crippen molar-refractivity contribution in [2.24, 2.45) is 0 Å².